The van der Waals surface area contributed by atoms with Gasteiger partial charge >= 0.3 is 5.97 Å². The number of aryl methyl sites for hydroxylation is 1. The quantitative estimate of drug-likeness (QED) is 0.788. The Hall–Kier alpha value is -2.18. The number of carbonyl (C=O) groups excluding carboxylic acids is 1. The van der Waals surface area contributed by atoms with Gasteiger partial charge in [-0.25, -0.2) is 8.42 Å². The van der Waals surface area contributed by atoms with Gasteiger partial charge in [0, 0.05) is 19.0 Å². The standard InChI is InChI=1S/C19H21NO4S/c1-14-7-9-17(10-8-14)25(22,23)20-12-15-5-3-4-6-18(15)16(13-20)11-19(21)24-2/h3-10,16H,11-13H2,1-2H3. The van der Waals surface area contributed by atoms with E-state index in [1.54, 1.807) is 24.3 Å². The summed E-state index contributed by atoms with van der Waals surface area (Å²) in [7, 11) is -2.27. The highest BCUT2D eigenvalue weighted by Gasteiger charge is 2.34. The number of methoxy groups -OCH3 is 1. The van der Waals surface area contributed by atoms with Gasteiger partial charge in [0.05, 0.1) is 18.4 Å². The van der Waals surface area contributed by atoms with Gasteiger partial charge in [-0.1, -0.05) is 42.0 Å². The lowest BCUT2D eigenvalue weighted by atomic mass is 9.88. The number of hydrogen-bond acceptors (Lipinski definition) is 4. The number of carbonyl (C=O) groups is 1. The van der Waals surface area contributed by atoms with Gasteiger partial charge < -0.3 is 4.74 Å². The van der Waals surface area contributed by atoms with Crippen LogP contribution in [0.5, 0.6) is 0 Å². The van der Waals surface area contributed by atoms with Crippen molar-refractivity contribution in [2.75, 3.05) is 13.7 Å². The van der Waals surface area contributed by atoms with E-state index in [0.29, 0.717) is 6.54 Å². The Kier molecular flexibility index (Phi) is 4.92. The average Bonchev–Trinajstić information content (AvgIpc) is 2.61. The second-order valence-electron chi connectivity index (χ2n) is 6.29. The van der Waals surface area contributed by atoms with Gasteiger partial charge in [-0.3, -0.25) is 4.79 Å². The van der Waals surface area contributed by atoms with Gasteiger partial charge in [0.2, 0.25) is 10.0 Å². The summed E-state index contributed by atoms with van der Waals surface area (Å²) < 4.78 is 32.3. The Bertz CT molecular complexity index is 875. The maximum atomic E-state index is 13.0. The molecule has 1 heterocycles. The Morgan fingerprint density at radius 1 is 1.16 bits per heavy atom. The van der Waals surface area contributed by atoms with Crippen LogP contribution in [-0.4, -0.2) is 32.3 Å². The second-order valence-corrected chi connectivity index (χ2v) is 8.22. The van der Waals surface area contributed by atoms with Crippen molar-refractivity contribution in [2.45, 2.75) is 30.7 Å². The van der Waals surface area contributed by atoms with Crippen molar-refractivity contribution >= 4 is 16.0 Å². The molecule has 2 aromatic rings. The molecule has 3 rings (SSSR count). The molecule has 1 aliphatic rings. The van der Waals surface area contributed by atoms with Crippen molar-refractivity contribution in [3.63, 3.8) is 0 Å². The molecule has 0 bridgehead atoms. The van der Waals surface area contributed by atoms with Crippen molar-refractivity contribution < 1.29 is 17.9 Å². The molecule has 1 atom stereocenters. The van der Waals surface area contributed by atoms with E-state index in [-0.39, 0.29) is 29.7 Å². The number of esters is 1. The Balaban J connectivity index is 1.95. The minimum atomic E-state index is -3.62. The van der Waals surface area contributed by atoms with Crippen LogP contribution >= 0.6 is 0 Å². The van der Waals surface area contributed by atoms with E-state index in [1.807, 2.05) is 31.2 Å². The zero-order valence-corrected chi connectivity index (χ0v) is 15.1. The van der Waals surface area contributed by atoms with E-state index >= 15 is 0 Å². The van der Waals surface area contributed by atoms with E-state index in [4.69, 9.17) is 4.74 Å². The first-order chi connectivity index (χ1) is 11.9. The smallest absolute Gasteiger partial charge is 0.306 e. The molecule has 0 saturated carbocycles. The molecule has 6 heteroatoms. The lowest BCUT2D eigenvalue weighted by Gasteiger charge is -2.33. The topological polar surface area (TPSA) is 63.7 Å². The van der Waals surface area contributed by atoms with Crippen molar-refractivity contribution in [3.8, 4) is 0 Å². The summed E-state index contributed by atoms with van der Waals surface area (Å²) in [4.78, 5) is 12.0. The minimum absolute atomic E-state index is 0.160. The molecular formula is C19H21NO4S. The highest BCUT2D eigenvalue weighted by atomic mass is 32.2. The minimum Gasteiger partial charge on any atom is -0.469 e. The van der Waals surface area contributed by atoms with Crippen LogP contribution in [0.15, 0.2) is 53.4 Å². The molecule has 2 aromatic carbocycles. The summed E-state index contributed by atoms with van der Waals surface area (Å²) in [6.45, 7) is 2.49. The first-order valence-corrected chi connectivity index (χ1v) is 9.57. The Labute approximate surface area is 148 Å². The second kappa shape index (κ2) is 6.98. The zero-order valence-electron chi connectivity index (χ0n) is 14.3. The highest BCUT2D eigenvalue weighted by molar-refractivity contribution is 7.89. The number of nitrogens with zero attached hydrogens (tertiary/aromatic N) is 1. The van der Waals surface area contributed by atoms with Crippen LogP contribution in [0, 0.1) is 6.92 Å². The van der Waals surface area contributed by atoms with E-state index < -0.39 is 10.0 Å². The van der Waals surface area contributed by atoms with E-state index in [0.717, 1.165) is 16.7 Å². The SMILES string of the molecule is COC(=O)CC1CN(S(=O)(=O)c2ccc(C)cc2)Cc2ccccc21. The van der Waals surface area contributed by atoms with Crippen molar-refractivity contribution in [1.82, 2.24) is 4.31 Å². The summed E-state index contributed by atoms with van der Waals surface area (Å²) in [5, 5.41) is 0. The molecule has 0 aromatic heterocycles. The van der Waals surface area contributed by atoms with E-state index in [1.165, 1.54) is 11.4 Å². The van der Waals surface area contributed by atoms with Crippen LogP contribution in [0.4, 0.5) is 0 Å². The van der Waals surface area contributed by atoms with Crippen molar-refractivity contribution in [1.29, 1.82) is 0 Å². The summed E-state index contributed by atoms with van der Waals surface area (Å²) in [5.41, 5.74) is 2.95. The average molecular weight is 359 g/mol. The first kappa shape index (κ1) is 17.6. The Morgan fingerprint density at radius 2 is 1.84 bits per heavy atom. The van der Waals surface area contributed by atoms with Crippen LogP contribution in [0.25, 0.3) is 0 Å². The lowest BCUT2D eigenvalue weighted by Crippen LogP contribution is -2.38. The molecule has 25 heavy (non-hydrogen) atoms. The number of benzene rings is 2. The Morgan fingerprint density at radius 3 is 2.52 bits per heavy atom. The van der Waals surface area contributed by atoms with E-state index in [9.17, 15) is 13.2 Å². The fraction of sp³-hybridized carbons (Fsp3) is 0.316. The molecule has 1 aliphatic heterocycles. The van der Waals surface area contributed by atoms with Gasteiger partial charge in [0.25, 0.3) is 0 Å². The van der Waals surface area contributed by atoms with Crippen LogP contribution < -0.4 is 0 Å². The number of hydrogen-bond donors (Lipinski definition) is 0. The summed E-state index contributed by atoms with van der Waals surface area (Å²) in [6, 6.07) is 14.5. The van der Waals surface area contributed by atoms with Crippen LogP contribution in [0.3, 0.4) is 0 Å². The molecule has 0 amide bonds. The fourth-order valence-electron chi connectivity index (χ4n) is 3.18. The molecule has 132 valence electrons. The highest BCUT2D eigenvalue weighted by Crippen LogP contribution is 2.33. The van der Waals surface area contributed by atoms with Gasteiger partial charge in [-0.2, -0.15) is 4.31 Å². The molecule has 0 fully saturated rings. The molecule has 0 N–H and O–H groups in total. The predicted molar refractivity (Wildman–Crippen MR) is 94.6 cm³/mol. The van der Waals surface area contributed by atoms with Crippen LogP contribution in [0.1, 0.15) is 29.0 Å². The maximum absolute atomic E-state index is 13.0. The molecule has 0 aliphatic carbocycles. The third-order valence-corrected chi connectivity index (χ3v) is 6.39. The number of ether oxygens (including phenoxy) is 1. The fourth-order valence-corrected chi connectivity index (χ4v) is 4.64. The third-order valence-electron chi connectivity index (χ3n) is 4.57. The maximum Gasteiger partial charge on any atom is 0.306 e. The van der Waals surface area contributed by atoms with Crippen LogP contribution in [0.2, 0.25) is 0 Å². The van der Waals surface area contributed by atoms with Crippen LogP contribution in [-0.2, 0) is 26.1 Å². The molecule has 0 saturated heterocycles. The van der Waals surface area contributed by atoms with E-state index in [2.05, 4.69) is 0 Å². The summed E-state index contributed by atoms with van der Waals surface area (Å²) in [6.07, 6.45) is 0.160. The predicted octanol–water partition coefficient (Wildman–Crippen LogP) is 2.85. The first-order valence-electron chi connectivity index (χ1n) is 8.13. The molecule has 1 unspecified atom stereocenters. The summed E-state index contributed by atoms with van der Waals surface area (Å²) >= 11 is 0. The van der Waals surface area contributed by atoms with Gasteiger partial charge in [-0.05, 0) is 30.2 Å². The monoisotopic (exact) mass is 359 g/mol. The van der Waals surface area contributed by atoms with Crippen molar-refractivity contribution in [2.24, 2.45) is 0 Å². The normalized spacial score (nSPS) is 17.8. The largest absolute Gasteiger partial charge is 0.469 e. The van der Waals surface area contributed by atoms with Gasteiger partial charge in [0.15, 0.2) is 0 Å². The number of fused-ring (bicyclic) bond motifs is 1. The van der Waals surface area contributed by atoms with Crippen molar-refractivity contribution in [3.05, 3.63) is 65.2 Å². The number of rotatable bonds is 4. The molecule has 5 nitrogen and oxygen atoms in total. The lowest BCUT2D eigenvalue weighted by molar-refractivity contribution is -0.141. The van der Waals surface area contributed by atoms with Gasteiger partial charge in [0.1, 0.15) is 0 Å². The third kappa shape index (κ3) is 3.60. The number of sulfonamides is 1. The molecular weight excluding hydrogens is 338 g/mol. The van der Waals surface area contributed by atoms with Gasteiger partial charge in [-0.15, -0.1) is 0 Å². The molecule has 0 spiro atoms. The molecule has 0 radical (unpaired) electrons. The summed E-state index contributed by atoms with van der Waals surface area (Å²) in [5.74, 6) is -0.549. The zero-order chi connectivity index (χ0) is 18.0.